The number of carboxylic acid groups (broad SMARTS) is 1. The SMILES string of the molecule is O=C(O)[C@@H]1C[C@@H](O)CN1C(=O)NC1CCS(=O)(=O)CC1. The number of aliphatic hydroxyl groups excluding tert-OH is 1. The molecule has 0 bridgehead atoms. The van der Waals surface area contributed by atoms with Crippen LogP contribution < -0.4 is 5.32 Å². The van der Waals surface area contributed by atoms with Crippen molar-refractivity contribution in [1.82, 2.24) is 10.2 Å². The molecule has 8 nitrogen and oxygen atoms in total. The van der Waals surface area contributed by atoms with Crippen molar-refractivity contribution in [3.8, 4) is 0 Å². The van der Waals surface area contributed by atoms with Gasteiger partial charge < -0.3 is 20.4 Å². The van der Waals surface area contributed by atoms with Crippen LogP contribution in [0.5, 0.6) is 0 Å². The van der Waals surface area contributed by atoms with Crippen LogP contribution in [0, 0.1) is 0 Å². The third kappa shape index (κ3) is 3.40. The zero-order chi connectivity index (χ0) is 14.9. The van der Waals surface area contributed by atoms with Crippen LogP contribution in [0.2, 0.25) is 0 Å². The molecule has 2 aliphatic heterocycles. The van der Waals surface area contributed by atoms with Gasteiger partial charge >= 0.3 is 12.0 Å². The number of amides is 2. The predicted octanol–water partition coefficient (Wildman–Crippen LogP) is -1.21. The zero-order valence-corrected chi connectivity index (χ0v) is 11.7. The summed E-state index contributed by atoms with van der Waals surface area (Å²) in [6.45, 7) is -0.0200. The van der Waals surface area contributed by atoms with Crippen LogP contribution >= 0.6 is 0 Å². The number of nitrogens with zero attached hydrogens (tertiary/aromatic N) is 1. The van der Waals surface area contributed by atoms with Crippen molar-refractivity contribution >= 4 is 21.8 Å². The summed E-state index contributed by atoms with van der Waals surface area (Å²) in [5.74, 6) is -1.09. The molecule has 0 radical (unpaired) electrons. The Labute approximate surface area is 116 Å². The molecular formula is C11H18N2O6S. The molecule has 0 aliphatic carbocycles. The minimum Gasteiger partial charge on any atom is -0.480 e. The summed E-state index contributed by atoms with van der Waals surface area (Å²) in [4.78, 5) is 24.1. The predicted molar refractivity (Wildman–Crippen MR) is 69.0 cm³/mol. The minimum absolute atomic E-state index is 0.0157. The third-order valence-electron chi connectivity index (χ3n) is 3.71. The third-order valence-corrected chi connectivity index (χ3v) is 5.42. The summed E-state index contributed by atoms with van der Waals surface area (Å²) in [5.41, 5.74) is 0. The average molecular weight is 306 g/mol. The maximum absolute atomic E-state index is 12.0. The monoisotopic (exact) mass is 306 g/mol. The van der Waals surface area contributed by atoms with Gasteiger partial charge in [-0.25, -0.2) is 18.0 Å². The second-order valence-corrected chi connectivity index (χ2v) is 7.58. The molecule has 2 atom stereocenters. The number of β-amino-alcohol motifs (C(OH)–C–C–N with tert-alkyl or cyclic N) is 1. The average Bonchev–Trinajstić information content (AvgIpc) is 2.74. The van der Waals surface area contributed by atoms with Crippen molar-refractivity contribution in [1.29, 1.82) is 0 Å². The van der Waals surface area contributed by atoms with Crippen LogP contribution in [0.1, 0.15) is 19.3 Å². The van der Waals surface area contributed by atoms with Crippen molar-refractivity contribution in [2.24, 2.45) is 0 Å². The first-order valence-corrected chi connectivity index (χ1v) is 8.29. The summed E-state index contributed by atoms with van der Waals surface area (Å²) in [7, 11) is -3.00. The summed E-state index contributed by atoms with van der Waals surface area (Å²) < 4.78 is 22.6. The van der Waals surface area contributed by atoms with E-state index < -0.39 is 34.0 Å². The Balaban J connectivity index is 1.93. The molecule has 2 rings (SSSR count). The van der Waals surface area contributed by atoms with Crippen LogP contribution in [0.3, 0.4) is 0 Å². The Morgan fingerprint density at radius 2 is 1.80 bits per heavy atom. The van der Waals surface area contributed by atoms with Gasteiger partial charge in [0, 0.05) is 19.0 Å². The maximum Gasteiger partial charge on any atom is 0.326 e. The molecule has 0 spiro atoms. The second-order valence-electron chi connectivity index (χ2n) is 5.27. The maximum atomic E-state index is 12.0. The van der Waals surface area contributed by atoms with Crippen molar-refractivity contribution in [2.45, 2.75) is 37.5 Å². The van der Waals surface area contributed by atoms with E-state index in [1.165, 1.54) is 0 Å². The molecule has 114 valence electrons. The topological polar surface area (TPSA) is 124 Å². The van der Waals surface area contributed by atoms with Gasteiger partial charge in [-0.15, -0.1) is 0 Å². The highest BCUT2D eigenvalue weighted by Crippen LogP contribution is 2.19. The van der Waals surface area contributed by atoms with Crippen LogP contribution in [0.15, 0.2) is 0 Å². The molecule has 3 N–H and O–H groups in total. The van der Waals surface area contributed by atoms with Gasteiger partial charge in [0.1, 0.15) is 15.9 Å². The Morgan fingerprint density at radius 1 is 1.20 bits per heavy atom. The summed E-state index contributed by atoms with van der Waals surface area (Å²) in [5, 5.41) is 21.1. The fourth-order valence-corrected chi connectivity index (χ4v) is 4.06. The number of nitrogens with one attached hydrogen (secondary N) is 1. The lowest BCUT2D eigenvalue weighted by Crippen LogP contribution is -2.50. The van der Waals surface area contributed by atoms with E-state index in [1.54, 1.807) is 0 Å². The van der Waals surface area contributed by atoms with Gasteiger partial charge in [0.15, 0.2) is 0 Å². The summed E-state index contributed by atoms with van der Waals surface area (Å²) in [6.07, 6.45) is -0.153. The van der Waals surface area contributed by atoms with Gasteiger partial charge in [0.05, 0.1) is 17.6 Å². The standard InChI is InChI=1S/C11H18N2O6S/c14-8-5-9(10(15)16)13(6-8)11(17)12-7-1-3-20(18,19)4-2-7/h7-9,14H,1-6H2,(H,12,17)(H,15,16)/t8-,9+/m1/s1. The Hall–Kier alpha value is -1.35. The molecule has 0 aromatic heterocycles. The molecule has 9 heteroatoms. The van der Waals surface area contributed by atoms with Gasteiger partial charge in [-0.2, -0.15) is 0 Å². The van der Waals surface area contributed by atoms with Gasteiger partial charge in [0.25, 0.3) is 0 Å². The normalized spacial score (nSPS) is 30.1. The lowest BCUT2D eigenvalue weighted by Gasteiger charge is -2.27. The molecule has 2 saturated heterocycles. The van der Waals surface area contributed by atoms with E-state index >= 15 is 0 Å². The number of hydrogen-bond donors (Lipinski definition) is 3. The fourth-order valence-electron chi connectivity index (χ4n) is 2.56. The Bertz CT molecular complexity index is 491. The molecule has 0 aromatic carbocycles. The number of rotatable bonds is 2. The minimum atomic E-state index is -3.00. The molecule has 20 heavy (non-hydrogen) atoms. The van der Waals surface area contributed by atoms with Crippen molar-refractivity contribution in [2.75, 3.05) is 18.1 Å². The molecule has 2 aliphatic rings. The van der Waals surface area contributed by atoms with E-state index in [0.29, 0.717) is 12.8 Å². The van der Waals surface area contributed by atoms with Crippen molar-refractivity contribution in [3.63, 3.8) is 0 Å². The van der Waals surface area contributed by atoms with E-state index in [1.807, 2.05) is 0 Å². The smallest absolute Gasteiger partial charge is 0.326 e. The van der Waals surface area contributed by atoms with Crippen molar-refractivity contribution in [3.05, 3.63) is 0 Å². The van der Waals surface area contributed by atoms with Crippen LogP contribution in [-0.2, 0) is 14.6 Å². The van der Waals surface area contributed by atoms with Gasteiger partial charge in [-0.3, -0.25) is 0 Å². The van der Waals surface area contributed by atoms with Crippen LogP contribution in [0.25, 0.3) is 0 Å². The zero-order valence-electron chi connectivity index (χ0n) is 10.9. The number of likely N-dealkylation sites (tertiary alicyclic amines) is 1. The Kier molecular flexibility index (Phi) is 4.19. The highest BCUT2D eigenvalue weighted by molar-refractivity contribution is 7.91. The first kappa shape index (κ1) is 15.0. The number of carbonyl (C=O) groups excluding carboxylic acids is 1. The quantitative estimate of drug-likeness (QED) is 0.588. The number of sulfone groups is 1. The Morgan fingerprint density at radius 3 is 2.35 bits per heavy atom. The first-order chi connectivity index (χ1) is 9.28. The van der Waals surface area contributed by atoms with Crippen LogP contribution in [0.4, 0.5) is 4.79 Å². The summed E-state index contributed by atoms with van der Waals surface area (Å²) >= 11 is 0. The number of carbonyl (C=O) groups is 2. The lowest BCUT2D eigenvalue weighted by molar-refractivity contribution is -0.141. The molecule has 0 saturated carbocycles. The number of aliphatic carboxylic acids is 1. The van der Waals surface area contributed by atoms with Gasteiger partial charge in [-0.1, -0.05) is 0 Å². The second kappa shape index (κ2) is 5.57. The highest BCUT2D eigenvalue weighted by atomic mass is 32.2. The lowest BCUT2D eigenvalue weighted by atomic mass is 10.1. The highest BCUT2D eigenvalue weighted by Gasteiger charge is 2.39. The number of urea groups is 1. The van der Waals surface area contributed by atoms with E-state index in [-0.39, 0.29) is 30.5 Å². The largest absolute Gasteiger partial charge is 0.480 e. The van der Waals surface area contributed by atoms with E-state index in [0.717, 1.165) is 4.90 Å². The van der Waals surface area contributed by atoms with E-state index in [9.17, 15) is 23.1 Å². The van der Waals surface area contributed by atoms with Crippen molar-refractivity contribution < 1.29 is 28.2 Å². The molecule has 2 heterocycles. The van der Waals surface area contributed by atoms with E-state index in [2.05, 4.69) is 5.32 Å². The molecule has 0 aromatic rings. The summed E-state index contributed by atoms with van der Waals surface area (Å²) in [6, 6.07) is -1.85. The number of carboxylic acids is 1. The number of aliphatic hydroxyl groups is 1. The van der Waals surface area contributed by atoms with Gasteiger partial charge in [0.2, 0.25) is 0 Å². The van der Waals surface area contributed by atoms with Crippen LogP contribution in [-0.4, -0.2) is 71.8 Å². The first-order valence-electron chi connectivity index (χ1n) is 6.47. The number of hydrogen-bond acceptors (Lipinski definition) is 5. The fraction of sp³-hybridized carbons (Fsp3) is 0.818. The van der Waals surface area contributed by atoms with Gasteiger partial charge in [-0.05, 0) is 12.8 Å². The molecular weight excluding hydrogens is 288 g/mol. The molecule has 2 amide bonds. The van der Waals surface area contributed by atoms with E-state index in [4.69, 9.17) is 5.11 Å². The molecule has 2 fully saturated rings. The molecule has 0 unspecified atom stereocenters.